The van der Waals surface area contributed by atoms with Gasteiger partial charge >= 0.3 is 12.0 Å². The van der Waals surface area contributed by atoms with E-state index in [1.807, 2.05) is 0 Å². The summed E-state index contributed by atoms with van der Waals surface area (Å²) in [5, 5.41) is 11.2. The highest BCUT2D eigenvalue weighted by Crippen LogP contribution is 2.18. The van der Waals surface area contributed by atoms with Crippen molar-refractivity contribution in [3.63, 3.8) is 0 Å². The van der Waals surface area contributed by atoms with Gasteiger partial charge in [-0.05, 0) is 19.3 Å². The molecule has 0 saturated heterocycles. The lowest BCUT2D eigenvalue weighted by Crippen LogP contribution is -2.51. The fourth-order valence-corrected chi connectivity index (χ4v) is 1.37. The van der Waals surface area contributed by atoms with E-state index in [0.717, 1.165) is 24.2 Å². The Morgan fingerprint density at radius 3 is 2.31 bits per heavy atom. The fraction of sp³-hybridized carbons (Fsp3) is 0.667. The minimum Gasteiger partial charge on any atom is -0.480 e. The third-order valence-electron chi connectivity index (χ3n) is 2.39. The molecule has 0 unspecified atom stereocenters. The molecule has 0 radical (unpaired) electrons. The molecule has 0 atom stereocenters. The highest BCUT2D eigenvalue weighted by molar-refractivity contribution is 5.86. The van der Waals surface area contributed by atoms with Crippen LogP contribution in [0.4, 0.5) is 4.79 Å². The minimum absolute atomic E-state index is 0.0941. The number of carboxylic acids is 1. The molecule has 7 heteroatoms. The van der Waals surface area contributed by atoms with Gasteiger partial charge < -0.3 is 21.1 Å². The summed E-state index contributed by atoms with van der Waals surface area (Å²) in [7, 11) is 0. The zero-order valence-corrected chi connectivity index (χ0v) is 8.81. The average Bonchev–Trinajstić information content (AvgIpc) is 2.08. The molecule has 0 aliphatic heterocycles. The van der Waals surface area contributed by atoms with Gasteiger partial charge in [-0.25, -0.2) is 4.79 Å². The van der Waals surface area contributed by atoms with Gasteiger partial charge in [0, 0.05) is 6.04 Å². The predicted octanol–water partition coefficient (Wildman–Crippen LogP) is -0.880. The summed E-state index contributed by atoms with van der Waals surface area (Å²) in [4.78, 5) is 33.6. The Morgan fingerprint density at radius 2 is 1.94 bits per heavy atom. The van der Waals surface area contributed by atoms with Gasteiger partial charge in [0.2, 0.25) is 5.91 Å². The minimum atomic E-state index is -1.18. The largest absolute Gasteiger partial charge is 0.480 e. The highest BCUT2D eigenvalue weighted by Gasteiger charge is 2.24. The lowest BCUT2D eigenvalue weighted by molar-refractivity contribution is -0.137. The van der Waals surface area contributed by atoms with Crippen molar-refractivity contribution in [1.29, 1.82) is 0 Å². The molecule has 1 saturated carbocycles. The number of nitrogens with one attached hydrogen (secondary N) is 1. The number of amides is 3. The third-order valence-corrected chi connectivity index (χ3v) is 2.39. The highest BCUT2D eigenvalue weighted by atomic mass is 16.4. The lowest BCUT2D eigenvalue weighted by atomic mass is 9.93. The smallest absolute Gasteiger partial charge is 0.323 e. The maximum absolute atomic E-state index is 11.6. The Hall–Kier alpha value is -1.79. The molecule has 90 valence electrons. The van der Waals surface area contributed by atoms with Crippen LogP contribution in [0.3, 0.4) is 0 Å². The number of hydrogen-bond donors (Lipinski definition) is 3. The molecule has 0 aromatic rings. The van der Waals surface area contributed by atoms with Crippen molar-refractivity contribution in [1.82, 2.24) is 10.2 Å². The zero-order valence-electron chi connectivity index (χ0n) is 8.81. The first kappa shape index (κ1) is 12.3. The van der Waals surface area contributed by atoms with Gasteiger partial charge in [0.05, 0.1) is 0 Å². The van der Waals surface area contributed by atoms with Crippen LogP contribution in [0.5, 0.6) is 0 Å². The SMILES string of the molecule is NC(=O)CN(CC(=O)O)C(=O)NC1CCC1. The number of primary amides is 1. The number of nitrogens with zero attached hydrogens (tertiary/aromatic N) is 1. The van der Waals surface area contributed by atoms with Crippen LogP contribution in [0.2, 0.25) is 0 Å². The van der Waals surface area contributed by atoms with E-state index in [0.29, 0.717) is 0 Å². The molecule has 0 bridgehead atoms. The van der Waals surface area contributed by atoms with Crippen LogP contribution < -0.4 is 11.1 Å². The second-order valence-electron chi connectivity index (χ2n) is 3.79. The lowest BCUT2D eigenvalue weighted by Gasteiger charge is -2.29. The number of hydrogen-bond acceptors (Lipinski definition) is 3. The summed E-state index contributed by atoms with van der Waals surface area (Å²) >= 11 is 0. The first-order valence-electron chi connectivity index (χ1n) is 5.04. The van der Waals surface area contributed by atoms with Crippen LogP contribution >= 0.6 is 0 Å². The van der Waals surface area contributed by atoms with E-state index in [4.69, 9.17) is 10.8 Å². The molecule has 0 heterocycles. The maximum atomic E-state index is 11.6. The summed E-state index contributed by atoms with van der Waals surface area (Å²) in [5.74, 6) is -1.91. The molecule has 0 aromatic carbocycles. The molecule has 0 aromatic heterocycles. The molecular weight excluding hydrogens is 214 g/mol. The van der Waals surface area contributed by atoms with Gasteiger partial charge in [-0.2, -0.15) is 0 Å². The molecule has 7 nitrogen and oxygen atoms in total. The van der Waals surface area contributed by atoms with Gasteiger partial charge in [-0.15, -0.1) is 0 Å². The number of urea groups is 1. The monoisotopic (exact) mass is 229 g/mol. The molecule has 0 spiro atoms. The number of carboxylic acid groups (broad SMARTS) is 1. The van der Waals surface area contributed by atoms with Crippen LogP contribution in [0.25, 0.3) is 0 Å². The summed E-state index contributed by atoms with van der Waals surface area (Å²) in [6, 6.07) is -0.456. The number of aliphatic carboxylic acids is 1. The van der Waals surface area contributed by atoms with Crippen molar-refractivity contribution in [2.45, 2.75) is 25.3 Å². The second-order valence-corrected chi connectivity index (χ2v) is 3.79. The first-order valence-corrected chi connectivity index (χ1v) is 5.04. The Balaban J connectivity index is 2.48. The Morgan fingerprint density at radius 1 is 1.31 bits per heavy atom. The topological polar surface area (TPSA) is 113 Å². The molecule has 1 aliphatic carbocycles. The van der Waals surface area contributed by atoms with Gasteiger partial charge in [-0.3, -0.25) is 9.59 Å². The normalized spacial score (nSPS) is 15.0. The van der Waals surface area contributed by atoms with Crippen LogP contribution in [0.15, 0.2) is 0 Å². The van der Waals surface area contributed by atoms with Crippen molar-refractivity contribution in [2.75, 3.05) is 13.1 Å². The predicted molar refractivity (Wildman–Crippen MR) is 54.6 cm³/mol. The van der Waals surface area contributed by atoms with Crippen LogP contribution in [-0.2, 0) is 9.59 Å². The molecule has 16 heavy (non-hydrogen) atoms. The van der Waals surface area contributed by atoms with Crippen molar-refractivity contribution in [3.05, 3.63) is 0 Å². The van der Waals surface area contributed by atoms with Crippen molar-refractivity contribution >= 4 is 17.9 Å². The van der Waals surface area contributed by atoms with Crippen molar-refractivity contribution in [3.8, 4) is 0 Å². The van der Waals surface area contributed by atoms with Gasteiger partial charge in [-0.1, -0.05) is 0 Å². The van der Waals surface area contributed by atoms with E-state index in [9.17, 15) is 14.4 Å². The summed E-state index contributed by atoms with van der Waals surface area (Å²) in [6.45, 7) is -0.910. The fourth-order valence-electron chi connectivity index (χ4n) is 1.37. The standard InChI is InChI=1S/C9H15N3O4/c10-7(13)4-12(5-8(14)15)9(16)11-6-2-1-3-6/h6H,1-5H2,(H2,10,13)(H,11,16)(H,14,15). The van der Waals surface area contributed by atoms with Crippen molar-refractivity contribution < 1.29 is 19.5 Å². The Labute approximate surface area is 92.6 Å². The number of nitrogens with two attached hydrogens (primary N) is 1. The summed E-state index contributed by atoms with van der Waals surface area (Å²) in [6.07, 6.45) is 2.84. The first-order chi connectivity index (χ1) is 7.49. The quantitative estimate of drug-likeness (QED) is 0.568. The van der Waals surface area contributed by atoms with E-state index in [-0.39, 0.29) is 12.6 Å². The summed E-state index contributed by atoms with van der Waals surface area (Å²) < 4.78 is 0. The Kier molecular flexibility index (Phi) is 4.10. The summed E-state index contributed by atoms with van der Waals surface area (Å²) in [5.41, 5.74) is 4.93. The average molecular weight is 229 g/mol. The van der Waals surface area contributed by atoms with Gasteiger partial charge in [0.25, 0.3) is 0 Å². The number of rotatable bonds is 5. The van der Waals surface area contributed by atoms with E-state index >= 15 is 0 Å². The second kappa shape index (κ2) is 5.34. The molecule has 4 N–H and O–H groups in total. The molecule has 1 fully saturated rings. The van der Waals surface area contributed by atoms with E-state index < -0.39 is 24.5 Å². The molecule has 1 aliphatic rings. The van der Waals surface area contributed by atoms with Crippen LogP contribution in [0.1, 0.15) is 19.3 Å². The Bertz CT molecular complexity index is 285. The molecule has 1 rings (SSSR count). The van der Waals surface area contributed by atoms with E-state index in [1.54, 1.807) is 0 Å². The van der Waals surface area contributed by atoms with E-state index in [2.05, 4.69) is 5.32 Å². The van der Waals surface area contributed by atoms with E-state index in [1.165, 1.54) is 0 Å². The number of carbonyl (C=O) groups is 3. The van der Waals surface area contributed by atoms with Gasteiger partial charge in [0.15, 0.2) is 0 Å². The van der Waals surface area contributed by atoms with Crippen LogP contribution in [0, 0.1) is 0 Å². The van der Waals surface area contributed by atoms with Crippen LogP contribution in [-0.4, -0.2) is 47.0 Å². The third kappa shape index (κ3) is 3.76. The molecular formula is C9H15N3O4. The van der Waals surface area contributed by atoms with Crippen molar-refractivity contribution in [2.24, 2.45) is 5.73 Å². The number of carbonyl (C=O) groups excluding carboxylic acids is 2. The molecule has 3 amide bonds. The zero-order chi connectivity index (χ0) is 12.1. The maximum Gasteiger partial charge on any atom is 0.323 e. The van der Waals surface area contributed by atoms with Gasteiger partial charge in [0.1, 0.15) is 13.1 Å².